The number of carbonyl (C=O) groups excluding carboxylic acids is 2. The van der Waals surface area contributed by atoms with Crippen LogP contribution in [0.4, 0.5) is 5.69 Å². The van der Waals surface area contributed by atoms with Crippen LogP contribution in [0.2, 0.25) is 0 Å². The molecule has 3 atom stereocenters. The Bertz CT molecular complexity index is 825. The zero-order valence-electron chi connectivity index (χ0n) is 15.1. The van der Waals surface area contributed by atoms with Gasteiger partial charge in [0.05, 0.1) is 17.5 Å². The van der Waals surface area contributed by atoms with Crippen molar-refractivity contribution in [2.45, 2.75) is 33.1 Å². The Balaban J connectivity index is 1.52. The lowest BCUT2D eigenvalue weighted by molar-refractivity contribution is -0.122. The van der Waals surface area contributed by atoms with E-state index < -0.39 is 0 Å². The lowest BCUT2D eigenvalue weighted by Gasteiger charge is -2.25. The molecular weight excluding hydrogens is 326 g/mol. The van der Waals surface area contributed by atoms with E-state index in [4.69, 9.17) is 4.74 Å². The summed E-state index contributed by atoms with van der Waals surface area (Å²) in [5.74, 6) is 1.59. The fraction of sp³-hybridized carbons (Fsp3) is 0.364. The number of ether oxygens (including phenoxy) is 1. The van der Waals surface area contributed by atoms with E-state index in [1.807, 2.05) is 31.2 Å². The number of rotatable bonds is 3. The van der Waals surface area contributed by atoms with Crippen molar-refractivity contribution < 1.29 is 14.3 Å². The smallest absolute Gasteiger partial charge is 0.237 e. The monoisotopic (exact) mass is 349 g/mol. The van der Waals surface area contributed by atoms with Gasteiger partial charge >= 0.3 is 0 Å². The summed E-state index contributed by atoms with van der Waals surface area (Å²) in [5, 5.41) is 0. The minimum atomic E-state index is -0.144. The first-order valence-corrected chi connectivity index (χ1v) is 9.25. The zero-order chi connectivity index (χ0) is 18.3. The number of hydrogen-bond acceptors (Lipinski definition) is 3. The molecule has 2 aromatic rings. The van der Waals surface area contributed by atoms with Crippen molar-refractivity contribution in [3.8, 4) is 11.5 Å². The second-order valence-corrected chi connectivity index (χ2v) is 7.55. The Morgan fingerprint density at radius 1 is 0.846 bits per heavy atom. The number of benzene rings is 2. The van der Waals surface area contributed by atoms with Gasteiger partial charge < -0.3 is 4.74 Å². The van der Waals surface area contributed by atoms with Crippen LogP contribution in [0.5, 0.6) is 11.5 Å². The van der Waals surface area contributed by atoms with Crippen LogP contribution in [0.25, 0.3) is 0 Å². The molecule has 1 aliphatic carbocycles. The molecule has 0 N–H and O–H groups in total. The third kappa shape index (κ3) is 3.00. The summed E-state index contributed by atoms with van der Waals surface area (Å²) in [7, 11) is 0. The fourth-order valence-corrected chi connectivity index (χ4v) is 4.05. The number of imide groups is 1. The van der Waals surface area contributed by atoms with Gasteiger partial charge in [0.1, 0.15) is 11.5 Å². The molecule has 1 saturated carbocycles. The van der Waals surface area contributed by atoms with Gasteiger partial charge in [-0.05, 0) is 68.5 Å². The van der Waals surface area contributed by atoms with Crippen LogP contribution >= 0.6 is 0 Å². The second kappa shape index (κ2) is 6.60. The summed E-state index contributed by atoms with van der Waals surface area (Å²) < 4.78 is 5.82. The molecule has 26 heavy (non-hydrogen) atoms. The van der Waals surface area contributed by atoms with Crippen LogP contribution in [0.15, 0.2) is 48.5 Å². The molecule has 2 aromatic carbocycles. The molecule has 0 spiro atoms. The van der Waals surface area contributed by atoms with Crippen molar-refractivity contribution in [2.24, 2.45) is 17.8 Å². The van der Waals surface area contributed by atoms with E-state index in [1.165, 1.54) is 10.5 Å². The molecule has 0 aromatic heterocycles. The number of anilines is 1. The summed E-state index contributed by atoms with van der Waals surface area (Å²) in [5.41, 5.74) is 1.81. The van der Waals surface area contributed by atoms with Gasteiger partial charge in [-0.1, -0.05) is 24.6 Å². The zero-order valence-corrected chi connectivity index (χ0v) is 15.1. The first-order chi connectivity index (χ1) is 12.5. The van der Waals surface area contributed by atoms with Gasteiger partial charge in [0.15, 0.2) is 0 Å². The number of amides is 2. The maximum Gasteiger partial charge on any atom is 0.237 e. The van der Waals surface area contributed by atoms with Crippen molar-refractivity contribution in [1.82, 2.24) is 0 Å². The standard InChI is InChI=1S/C22H23NO3/c1-14-3-8-17(9-4-14)26-18-10-6-16(7-11-18)23-21(24)19-12-5-15(2)13-20(19)22(23)25/h3-4,6-11,15,19-20H,5,12-13H2,1-2H3/t15-,19+,20-/m0/s1. The highest BCUT2D eigenvalue weighted by molar-refractivity contribution is 6.22. The average Bonchev–Trinajstić information content (AvgIpc) is 2.88. The molecule has 1 heterocycles. The van der Waals surface area contributed by atoms with Gasteiger partial charge in [-0.15, -0.1) is 0 Å². The second-order valence-electron chi connectivity index (χ2n) is 7.55. The molecule has 4 heteroatoms. The number of carbonyl (C=O) groups is 2. The molecule has 4 nitrogen and oxygen atoms in total. The summed E-state index contributed by atoms with van der Waals surface area (Å²) >= 11 is 0. The van der Waals surface area contributed by atoms with Gasteiger partial charge in [0.25, 0.3) is 0 Å². The molecule has 1 aliphatic heterocycles. The maximum absolute atomic E-state index is 12.8. The largest absolute Gasteiger partial charge is 0.457 e. The Hall–Kier alpha value is -2.62. The normalized spacial score (nSPS) is 25.3. The SMILES string of the molecule is Cc1ccc(Oc2ccc(N3C(=O)[C@H]4C[C@@H](C)CC[C@H]4C3=O)cc2)cc1. The summed E-state index contributed by atoms with van der Waals surface area (Å²) in [6.07, 6.45) is 2.67. The van der Waals surface area contributed by atoms with Crippen molar-refractivity contribution in [3.63, 3.8) is 0 Å². The Morgan fingerprint density at radius 2 is 1.42 bits per heavy atom. The fourth-order valence-electron chi connectivity index (χ4n) is 4.05. The molecule has 2 aliphatic rings. The third-order valence-electron chi connectivity index (χ3n) is 5.54. The van der Waals surface area contributed by atoms with Crippen LogP contribution in [0, 0.1) is 24.7 Å². The van der Waals surface area contributed by atoms with E-state index in [-0.39, 0.29) is 23.7 Å². The minimum Gasteiger partial charge on any atom is -0.457 e. The molecule has 0 bridgehead atoms. The molecule has 1 saturated heterocycles. The van der Waals surface area contributed by atoms with Crippen molar-refractivity contribution >= 4 is 17.5 Å². The highest BCUT2D eigenvalue weighted by Crippen LogP contribution is 2.42. The summed E-state index contributed by atoms with van der Waals surface area (Å²) in [6, 6.07) is 15.0. The van der Waals surface area contributed by atoms with E-state index in [0.717, 1.165) is 25.0 Å². The molecule has 4 rings (SSSR count). The van der Waals surface area contributed by atoms with Gasteiger partial charge in [0.2, 0.25) is 11.8 Å². The van der Waals surface area contributed by atoms with Crippen LogP contribution in [0.3, 0.4) is 0 Å². The predicted octanol–water partition coefficient (Wildman–Crippen LogP) is 4.71. The van der Waals surface area contributed by atoms with Gasteiger partial charge in [-0.25, -0.2) is 0 Å². The highest BCUT2D eigenvalue weighted by Gasteiger charge is 2.49. The van der Waals surface area contributed by atoms with E-state index in [0.29, 0.717) is 17.4 Å². The molecule has 0 radical (unpaired) electrons. The molecular formula is C22H23NO3. The van der Waals surface area contributed by atoms with E-state index in [1.54, 1.807) is 24.3 Å². The Morgan fingerprint density at radius 3 is 2.08 bits per heavy atom. The number of aryl methyl sites for hydroxylation is 1. The van der Waals surface area contributed by atoms with Crippen molar-refractivity contribution in [2.75, 3.05) is 4.90 Å². The van der Waals surface area contributed by atoms with Crippen molar-refractivity contribution in [3.05, 3.63) is 54.1 Å². The first-order valence-electron chi connectivity index (χ1n) is 9.25. The summed E-state index contributed by atoms with van der Waals surface area (Å²) in [6.45, 7) is 4.19. The lowest BCUT2D eigenvalue weighted by atomic mass is 9.76. The number of hydrogen-bond donors (Lipinski definition) is 0. The third-order valence-corrected chi connectivity index (χ3v) is 5.54. The van der Waals surface area contributed by atoms with Crippen molar-refractivity contribution in [1.29, 1.82) is 0 Å². The lowest BCUT2D eigenvalue weighted by Crippen LogP contribution is -2.30. The average molecular weight is 349 g/mol. The Labute approximate surface area is 153 Å². The predicted molar refractivity (Wildman–Crippen MR) is 100 cm³/mol. The molecule has 2 fully saturated rings. The van der Waals surface area contributed by atoms with Crippen LogP contribution in [0.1, 0.15) is 31.7 Å². The van der Waals surface area contributed by atoms with Crippen LogP contribution < -0.4 is 9.64 Å². The minimum absolute atomic E-state index is 0.0425. The number of fused-ring (bicyclic) bond motifs is 1. The van der Waals surface area contributed by atoms with Crippen LogP contribution in [-0.4, -0.2) is 11.8 Å². The maximum atomic E-state index is 12.8. The van der Waals surface area contributed by atoms with Crippen LogP contribution in [-0.2, 0) is 9.59 Å². The van der Waals surface area contributed by atoms with E-state index in [9.17, 15) is 9.59 Å². The van der Waals surface area contributed by atoms with Gasteiger partial charge in [-0.2, -0.15) is 0 Å². The van der Waals surface area contributed by atoms with E-state index >= 15 is 0 Å². The molecule has 0 unspecified atom stereocenters. The van der Waals surface area contributed by atoms with E-state index in [2.05, 4.69) is 6.92 Å². The topological polar surface area (TPSA) is 46.6 Å². The van der Waals surface area contributed by atoms with Gasteiger partial charge in [0, 0.05) is 0 Å². The quantitative estimate of drug-likeness (QED) is 0.754. The summed E-state index contributed by atoms with van der Waals surface area (Å²) in [4.78, 5) is 26.9. The number of nitrogens with zero attached hydrogens (tertiary/aromatic N) is 1. The molecule has 2 amide bonds. The molecule has 134 valence electrons. The Kier molecular flexibility index (Phi) is 4.27. The first kappa shape index (κ1) is 16.8. The highest BCUT2D eigenvalue weighted by atomic mass is 16.5. The van der Waals surface area contributed by atoms with Gasteiger partial charge in [-0.3, -0.25) is 14.5 Å².